The van der Waals surface area contributed by atoms with Crippen LogP contribution in [0.1, 0.15) is 10.4 Å². The van der Waals surface area contributed by atoms with Crippen LogP contribution in [0.3, 0.4) is 0 Å². The molecule has 0 saturated heterocycles. The van der Waals surface area contributed by atoms with Gasteiger partial charge in [-0.25, -0.2) is 4.39 Å². The van der Waals surface area contributed by atoms with Gasteiger partial charge < -0.3 is 5.32 Å². The molecular weight excluding hydrogens is 356 g/mol. The van der Waals surface area contributed by atoms with E-state index in [1.165, 1.54) is 24.3 Å². The number of nitrogens with one attached hydrogen (secondary N) is 1. The van der Waals surface area contributed by atoms with Gasteiger partial charge in [-0.2, -0.15) is 0 Å². The number of benzene rings is 2. The fourth-order valence-electron chi connectivity index (χ4n) is 1.47. The van der Waals surface area contributed by atoms with E-state index in [4.69, 9.17) is 23.2 Å². The molecule has 6 heteroatoms. The molecule has 0 aliphatic heterocycles. The monoisotopic (exact) mass is 361 g/mol. The lowest BCUT2D eigenvalue weighted by Crippen LogP contribution is -2.14. The Morgan fingerprint density at radius 2 is 1.95 bits per heavy atom. The Labute approximate surface area is 127 Å². The molecule has 0 fully saturated rings. The molecule has 0 heterocycles. The first-order valence-corrected chi connectivity index (χ1v) is 6.74. The van der Waals surface area contributed by atoms with Gasteiger partial charge in [-0.05, 0) is 46.3 Å². The maximum atomic E-state index is 13.6. The Hall–Kier alpha value is -1.10. The quantitative estimate of drug-likeness (QED) is 0.786. The van der Waals surface area contributed by atoms with E-state index in [0.29, 0.717) is 15.1 Å². The molecule has 98 valence electrons. The lowest BCUT2D eigenvalue weighted by Gasteiger charge is -2.09. The molecule has 1 N–H and O–H groups in total. The molecule has 2 aromatic rings. The fraction of sp³-hybridized carbons (Fsp3) is 0. The normalized spacial score (nSPS) is 10.3. The summed E-state index contributed by atoms with van der Waals surface area (Å²) < 4.78 is 14.1. The van der Waals surface area contributed by atoms with Crippen LogP contribution in [0, 0.1) is 5.82 Å². The number of halogens is 4. The summed E-state index contributed by atoms with van der Waals surface area (Å²) in [6.45, 7) is 0. The largest absolute Gasteiger partial charge is 0.318 e. The van der Waals surface area contributed by atoms with E-state index >= 15 is 0 Å². The average Bonchev–Trinajstić information content (AvgIpc) is 2.37. The molecule has 0 spiro atoms. The SMILES string of the molecule is O=C(Nc1c(F)cccc1Cl)c1cc(Cl)ccc1Br. The number of anilines is 1. The van der Waals surface area contributed by atoms with Gasteiger partial charge in [-0.3, -0.25) is 4.79 Å². The summed E-state index contributed by atoms with van der Waals surface area (Å²) in [6.07, 6.45) is 0. The van der Waals surface area contributed by atoms with E-state index < -0.39 is 11.7 Å². The van der Waals surface area contributed by atoms with Crippen molar-refractivity contribution < 1.29 is 9.18 Å². The molecule has 0 saturated carbocycles. The molecule has 0 unspecified atom stereocenters. The van der Waals surface area contributed by atoms with Gasteiger partial charge in [0.1, 0.15) is 5.82 Å². The Morgan fingerprint density at radius 3 is 2.63 bits per heavy atom. The van der Waals surface area contributed by atoms with Crippen molar-refractivity contribution in [2.75, 3.05) is 5.32 Å². The molecule has 1 amide bonds. The van der Waals surface area contributed by atoms with Crippen LogP contribution in [-0.2, 0) is 0 Å². The van der Waals surface area contributed by atoms with Crippen molar-refractivity contribution in [3.05, 3.63) is 62.3 Å². The summed E-state index contributed by atoms with van der Waals surface area (Å²) >= 11 is 14.9. The first-order chi connectivity index (χ1) is 8.99. The predicted molar refractivity (Wildman–Crippen MR) is 78.5 cm³/mol. The number of hydrogen-bond acceptors (Lipinski definition) is 1. The Morgan fingerprint density at radius 1 is 1.21 bits per heavy atom. The van der Waals surface area contributed by atoms with Gasteiger partial charge in [-0.1, -0.05) is 29.3 Å². The van der Waals surface area contributed by atoms with Crippen molar-refractivity contribution in [2.24, 2.45) is 0 Å². The highest BCUT2D eigenvalue weighted by molar-refractivity contribution is 9.10. The third-order valence-electron chi connectivity index (χ3n) is 2.37. The molecular formula is C13H7BrCl2FNO. The van der Waals surface area contributed by atoms with Gasteiger partial charge >= 0.3 is 0 Å². The van der Waals surface area contributed by atoms with Crippen molar-refractivity contribution in [1.82, 2.24) is 0 Å². The number of hydrogen-bond donors (Lipinski definition) is 1. The minimum atomic E-state index is -0.598. The third kappa shape index (κ3) is 3.26. The van der Waals surface area contributed by atoms with E-state index in [2.05, 4.69) is 21.2 Å². The maximum absolute atomic E-state index is 13.6. The zero-order valence-electron chi connectivity index (χ0n) is 9.38. The van der Waals surface area contributed by atoms with Gasteiger partial charge in [0.05, 0.1) is 16.3 Å². The maximum Gasteiger partial charge on any atom is 0.256 e. The summed E-state index contributed by atoms with van der Waals surface area (Å²) in [7, 11) is 0. The van der Waals surface area contributed by atoms with E-state index in [1.54, 1.807) is 12.1 Å². The second-order valence-corrected chi connectivity index (χ2v) is 5.37. The van der Waals surface area contributed by atoms with Gasteiger partial charge in [-0.15, -0.1) is 0 Å². The van der Waals surface area contributed by atoms with Crippen LogP contribution < -0.4 is 5.32 Å². The number of para-hydroxylation sites is 1. The number of amides is 1. The highest BCUT2D eigenvalue weighted by Gasteiger charge is 2.15. The molecule has 0 bridgehead atoms. The summed E-state index contributed by atoms with van der Waals surface area (Å²) in [4.78, 5) is 12.1. The summed E-state index contributed by atoms with van der Waals surface area (Å²) in [6, 6.07) is 8.93. The first kappa shape index (κ1) is 14.3. The Bertz CT molecular complexity index is 628. The Kier molecular flexibility index (Phi) is 4.45. The number of carbonyl (C=O) groups is 1. The van der Waals surface area contributed by atoms with Crippen LogP contribution in [0.2, 0.25) is 10.0 Å². The predicted octanol–water partition coefficient (Wildman–Crippen LogP) is 5.15. The van der Waals surface area contributed by atoms with Gasteiger partial charge in [0.15, 0.2) is 0 Å². The Balaban J connectivity index is 2.34. The highest BCUT2D eigenvalue weighted by Crippen LogP contribution is 2.27. The molecule has 2 aromatic carbocycles. The summed E-state index contributed by atoms with van der Waals surface area (Å²) in [5, 5.41) is 2.97. The molecule has 2 rings (SSSR count). The molecule has 0 aliphatic rings. The number of rotatable bonds is 2. The van der Waals surface area contributed by atoms with Crippen molar-refractivity contribution in [3.8, 4) is 0 Å². The first-order valence-electron chi connectivity index (χ1n) is 5.19. The standard InChI is InChI=1S/C13H7BrCl2FNO/c14-9-5-4-7(15)6-8(9)13(19)18-12-10(16)2-1-3-11(12)17/h1-6H,(H,18,19). The summed E-state index contributed by atoms with van der Waals surface area (Å²) in [5.74, 6) is -1.10. The van der Waals surface area contributed by atoms with Crippen LogP contribution in [0.15, 0.2) is 40.9 Å². The van der Waals surface area contributed by atoms with Crippen LogP contribution in [0.4, 0.5) is 10.1 Å². The van der Waals surface area contributed by atoms with E-state index in [0.717, 1.165) is 0 Å². The minimum Gasteiger partial charge on any atom is -0.318 e. The molecule has 2 nitrogen and oxygen atoms in total. The topological polar surface area (TPSA) is 29.1 Å². The van der Waals surface area contributed by atoms with Crippen molar-refractivity contribution >= 4 is 50.7 Å². The molecule has 0 aromatic heterocycles. The molecule has 0 atom stereocenters. The third-order valence-corrected chi connectivity index (χ3v) is 3.62. The summed E-state index contributed by atoms with van der Waals surface area (Å²) in [5.41, 5.74) is 0.243. The molecule has 0 aliphatic carbocycles. The van der Waals surface area contributed by atoms with Crippen LogP contribution in [0.5, 0.6) is 0 Å². The molecule has 0 radical (unpaired) electrons. The second-order valence-electron chi connectivity index (χ2n) is 3.67. The van der Waals surface area contributed by atoms with Gasteiger partial charge in [0.25, 0.3) is 5.91 Å². The number of carbonyl (C=O) groups excluding carboxylic acids is 1. The zero-order chi connectivity index (χ0) is 14.0. The van der Waals surface area contributed by atoms with Gasteiger partial charge in [0, 0.05) is 9.50 Å². The lowest BCUT2D eigenvalue weighted by molar-refractivity contribution is 0.102. The van der Waals surface area contributed by atoms with Crippen LogP contribution in [0.25, 0.3) is 0 Å². The minimum absolute atomic E-state index is 0.0546. The lowest BCUT2D eigenvalue weighted by atomic mass is 10.2. The second kappa shape index (κ2) is 5.90. The fourth-order valence-corrected chi connectivity index (χ4v) is 2.28. The highest BCUT2D eigenvalue weighted by atomic mass is 79.9. The van der Waals surface area contributed by atoms with E-state index in [9.17, 15) is 9.18 Å². The van der Waals surface area contributed by atoms with E-state index in [1.807, 2.05) is 0 Å². The van der Waals surface area contributed by atoms with Crippen molar-refractivity contribution in [1.29, 1.82) is 0 Å². The zero-order valence-corrected chi connectivity index (χ0v) is 12.5. The van der Waals surface area contributed by atoms with Crippen molar-refractivity contribution in [3.63, 3.8) is 0 Å². The smallest absolute Gasteiger partial charge is 0.256 e. The van der Waals surface area contributed by atoms with Gasteiger partial charge in [0.2, 0.25) is 0 Å². The van der Waals surface area contributed by atoms with Crippen molar-refractivity contribution in [2.45, 2.75) is 0 Å². The average molecular weight is 363 g/mol. The molecule has 19 heavy (non-hydrogen) atoms. The van der Waals surface area contributed by atoms with E-state index in [-0.39, 0.29) is 10.7 Å². The van der Waals surface area contributed by atoms with Crippen LogP contribution in [-0.4, -0.2) is 5.91 Å². The van der Waals surface area contributed by atoms with Crippen LogP contribution >= 0.6 is 39.1 Å².